The van der Waals surface area contributed by atoms with Crippen molar-refractivity contribution < 1.29 is 27.1 Å². The molecule has 0 saturated carbocycles. The lowest BCUT2D eigenvalue weighted by Crippen LogP contribution is -2.27. The fourth-order valence-corrected chi connectivity index (χ4v) is 3.94. The van der Waals surface area contributed by atoms with E-state index in [1.165, 1.54) is 18.2 Å². The van der Waals surface area contributed by atoms with Gasteiger partial charge in [-0.1, -0.05) is 18.2 Å². The van der Waals surface area contributed by atoms with Crippen molar-refractivity contribution in [3.8, 4) is 11.5 Å². The lowest BCUT2D eigenvalue weighted by Gasteiger charge is -2.18. The maximum atomic E-state index is 13.5. The number of benzene rings is 2. The summed E-state index contributed by atoms with van der Waals surface area (Å²) in [6.07, 6.45) is 0.168. The van der Waals surface area contributed by atoms with Crippen molar-refractivity contribution in [3.05, 3.63) is 53.8 Å². The molecule has 3 rings (SSSR count). The van der Waals surface area contributed by atoms with Crippen LogP contribution in [-0.2, 0) is 21.1 Å². The van der Waals surface area contributed by atoms with Crippen LogP contribution < -0.4 is 14.8 Å². The first-order valence-electron chi connectivity index (χ1n) is 8.58. The number of hydrogen-bond donors (Lipinski definition) is 1. The minimum atomic E-state index is -3.63. The van der Waals surface area contributed by atoms with E-state index in [2.05, 4.69) is 5.32 Å². The van der Waals surface area contributed by atoms with Gasteiger partial charge in [0.2, 0.25) is 5.91 Å². The van der Waals surface area contributed by atoms with Crippen LogP contribution in [0.4, 0.5) is 4.39 Å². The minimum Gasteiger partial charge on any atom is -0.486 e. The van der Waals surface area contributed by atoms with Crippen molar-refractivity contribution in [1.29, 1.82) is 0 Å². The van der Waals surface area contributed by atoms with Gasteiger partial charge in [0, 0.05) is 19.0 Å². The number of ether oxygens (including phenoxy) is 2. The summed E-state index contributed by atoms with van der Waals surface area (Å²) in [5, 5.41) is 2.62. The van der Waals surface area contributed by atoms with Crippen molar-refractivity contribution >= 4 is 15.7 Å². The molecule has 1 aliphatic rings. The van der Waals surface area contributed by atoms with Crippen LogP contribution in [0.25, 0.3) is 0 Å². The molecule has 1 aliphatic heterocycles. The van der Waals surface area contributed by atoms with Gasteiger partial charge in [-0.2, -0.15) is 0 Å². The Balaban J connectivity index is 1.51. The Kier molecular flexibility index (Phi) is 5.95. The molecule has 2 aromatic rings. The Hall–Kier alpha value is -2.61. The lowest BCUT2D eigenvalue weighted by molar-refractivity contribution is -0.120. The molecule has 8 heteroatoms. The van der Waals surface area contributed by atoms with Crippen molar-refractivity contribution in [2.75, 3.05) is 25.5 Å². The summed E-state index contributed by atoms with van der Waals surface area (Å²) in [7, 11) is -3.63. The summed E-state index contributed by atoms with van der Waals surface area (Å²) >= 11 is 0. The first-order valence-corrected chi connectivity index (χ1v) is 10.2. The molecule has 0 atom stereocenters. The zero-order valence-electron chi connectivity index (χ0n) is 14.6. The smallest absolute Gasteiger partial charge is 0.221 e. The second-order valence-corrected chi connectivity index (χ2v) is 8.17. The average Bonchev–Trinajstić information content (AvgIpc) is 2.67. The van der Waals surface area contributed by atoms with Gasteiger partial charge in [0.05, 0.1) is 10.6 Å². The number of fused-ring (bicyclic) bond motifs is 1. The molecule has 1 amide bonds. The van der Waals surface area contributed by atoms with E-state index in [0.29, 0.717) is 36.7 Å². The highest BCUT2D eigenvalue weighted by atomic mass is 32.2. The molecular weight excluding hydrogens is 373 g/mol. The molecule has 0 spiro atoms. The van der Waals surface area contributed by atoms with Crippen molar-refractivity contribution in [2.24, 2.45) is 0 Å². The third-order valence-corrected chi connectivity index (χ3v) is 5.86. The monoisotopic (exact) mass is 393 g/mol. The van der Waals surface area contributed by atoms with Gasteiger partial charge in [0.25, 0.3) is 0 Å². The molecule has 0 bridgehead atoms. The molecule has 0 radical (unpaired) electrons. The topological polar surface area (TPSA) is 81.7 Å². The van der Waals surface area contributed by atoms with E-state index in [0.717, 1.165) is 0 Å². The molecule has 27 heavy (non-hydrogen) atoms. The summed E-state index contributed by atoms with van der Waals surface area (Å²) in [5.74, 6) is -0.152. The van der Waals surface area contributed by atoms with Crippen LogP contribution in [0.5, 0.6) is 11.5 Å². The van der Waals surface area contributed by atoms with E-state index in [4.69, 9.17) is 9.47 Å². The quantitative estimate of drug-likeness (QED) is 0.779. The Morgan fingerprint density at radius 1 is 1.07 bits per heavy atom. The van der Waals surface area contributed by atoms with Gasteiger partial charge in [-0.25, -0.2) is 12.8 Å². The SMILES string of the molecule is O=C(CCS(=O)(=O)c1ccc2c(c1)OCCO2)NCCc1ccccc1F. The number of hydrogen-bond acceptors (Lipinski definition) is 5. The highest BCUT2D eigenvalue weighted by Crippen LogP contribution is 2.32. The fourth-order valence-electron chi connectivity index (χ4n) is 2.69. The zero-order valence-corrected chi connectivity index (χ0v) is 15.4. The van der Waals surface area contributed by atoms with Crippen LogP contribution in [0.1, 0.15) is 12.0 Å². The summed E-state index contributed by atoms with van der Waals surface area (Å²) in [4.78, 5) is 12.0. The lowest BCUT2D eigenvalue weighted by atomic mass is 10.1. The van der Waals surface area contributed by atoms with Crippen LogP contribution in [-0.4, -0.2) is 39.8 Å². The van der Waals surface area contributed by atoms with E-state index in [-0.39, 0.29) is 29.4 Å². The van der Waals surface area contributed by atoms with Gasteiger partial charge in [-0.05, 0) is 30.2 Å². The Labute approximate surface area is 157 Å². The average molecular weight is 393 g/mol. The van der Waals surface area contributed by atoms with Crippen LogP contribution in [0.15, 0.2) is 47.4 Å². The van der Waals surface area contributed by atoms with Gasteiger partial charge >= 0.3 is 0 Å². The highest BCUT2D eigenvalue weighted by molar-refractivity contribution is 7.91. The number of halogens is 1. The van der Waals surface area contributed by atoms with Crippen LogP contribution >= 0.6 is 0 Å². The van der Waals surface area contributed by atoms with Crippen molar-refractivity contribution in [1.82, 2.24) is 5.32 Å². The molecule has 0 fully saturated rings. The van der Waals surface area contributed by atoms with E-state index < -0.39 is 15.7 Å². The van der Waals surface area contributed by atoms with Crippen LogP contribution in [0.2, 0.25) is 0 Å². The molecule has 0 saturated heterocycles. The third kappa shape index (κ3) is 4.97. The van der Waals surface area contributed by atoms with Crippen LogP contribution in [0, 0.1) is 5.82 Å². The number of carbonyl (C=O) groups excluding carboxylic acids is 1. The van der Waals surface area contributed by atoms with Crippen LogP contribution in [0.3, 0.4) is 0 Å². The van der Waals surface area contributed by atoms with Crippen molar-refractivity contribution in [2.45, 2.75) is 17.7 Å². The summed E-state index contributed by atoms with van der Waals surface area (Å²) in [6, 6.07) is 10.7. The second-order valence-electron chi connectivity index (χ2n) is 6.07. The van der Waals surface area contributed by atoms with E-state index in [1.54, 1.807) is 24.3 Å². The Morgan fingerprint density at radius 2 is 1.81 bits per heavy atom. The second kappa shape index (κ2) is 8.39. The molecule has 0 aromatic heterocycles. The fraction of sp³-hybridized carbons (Fsp3) is 0.316. The molecule has 1 heterocycles. The Morgan fingerprint density at radius 3 is 2.59 bits per heavy atom. The molecule has 144 valence electrons. The maximum absolute atomic E-state index is 13.5. The number of rotatable bonds is 7. The van der Waals surface area contributed by atoms with E-state index >= 15 is 0 Å². The molecule has 0 unspecified atom stereocenters. The molecule has 0 aliphatic carbocycles. The number of nitrogens with one attached hydrogen (secondary N) is 1. The zero-order chi connectivity index (χ0) is 19.3. The Bertz CT molecular complexity index is 929. The van der Waals surface area contributed by atoms with Gasteiger partial charge in [0.15, 0.2) is 21.3 Å². The largest absolute Gasteiger partial charge is 0.486 e. The third-order valence-electron chi connectivity index (χ3n) is 4.14. The predicted molar refractivity (Wildman–Crippen MR) is 97.2 cm³/mol. The maximum Gasteiger partial charge on any atom is 0.221 e. The number of amides is 1. The summed E-state index contributed by atoms with van der Waals surface area (Å²) < 4.78 is 49.1. The minimum absolute atomic E-state index is 0.0888. The highest BCUT2D eigenvalue weighted by Gasteiger charge is 2.20. The molecule has 2 aromatic carbocycles. The number of sulfone groups is 1. The molecular formula is C19H20FNO5S. The first-order chi connectivity index (χ1) is 13.0. The van der Waals surface area contributed by atoms with Crippen molar-refractivity contribution in [3.63, 3.8) is 0 Å². The van der Waals surface area contributed by atoms with E-state index in [1.807, 2.05) is 0 Å². The van der Waals surface area contributed by atoms with E-state index in [9.17, 15) is 17.6 Å². The normalized spacial score (nSPS) is 13.2. The molecule has 6 nitrogen and oxygen atoms in total. The summed E-state index contributed by atoms with van der Waals surface area (Å²) in [5.41, 5.74) is 0.502. The van der Waals surface area contributed by atoms with Gasteiger partial charge in [-0.3, -0.25) is 4.79 Å². The summed E-state index contributed by atoms with van der Waals surface area (Å²) in [6.45, 7) is 1.02. The molecule has 1 N–H and O–H groups in total. The van der Waals surface area contributed by atoms with Gasteiger partial charge in [0.1, 0.15) is 19.0 Å². The standard InChI is InChI=1S/C19H20FNO5S/c20-16-4-2-1-3-14(16)7-9-21-19(22)8-12-27(23,24)15-5-6-17-18(13-15)26-11-10-25-17/h1-6,13H,7-12H2,(H,21,22). The van der Waals surface area contributed by atoms with Gasteiger partial charge < -0.3 is 14.8 Å². The van der Waals surface area contributed by atoms with Gasteiger partial charge in [-0.15, -0.1) is 0 Å². The first kappa shape index (κ1) is 19.2. The number of carbonyl (C=O) groups is 1. The predicted octanol–water partition coefficient (Wildman–Crippen LogP) is 2.12.